The second kappa shape index (κ2) is 6.24. The van der Waals surface area contributed by atoms with Crippen LogP contribution in [0, 0.1) is 12.3 Å². The summed E-state index contributed by atoms with van der Waals surface area (Å²) >= 11 is 3.45. The monoisotopic (exact) mass is 339 g/mol. The molecule has 1 fully saturated rings. The van der Waals surface area contributed by atoms with Gasteiger partial charge in [-0.1, -0.05) is 22.9 Å². The standard InChI is InChI=1S/C15H22BrN3O/c1-11-7-12(3-4-13(11)16)18-14(20)8-19-6-5-15(2,9-17)10-19/h3-4,7H,5-6,8-10,17H2,1-2H3,(H,18,20). The van der Waals surface area contributed by atoms with E-state index in [0.717, 1.165) is 35.2 Å². The van der Waals surface area contributed by atoms with E-state index in [-0.39, 0.29) is 11.3 Å². The first kappa shape index (κ1) is 15.5. The van der Waals surface area contributed by atoms with E-state index >= 15 is 0 Å². The molecule has 110 valence electrons. The molecule has 3 N–H and O–H groups in total. The van der Waals surface area contributed by atoms with Gasteiger partial charge in [0, 0.05) is 16.7 Å². The topological polar surface area (TPSA) is 58.4 Å². The normalized spacial score (nSPS) is 23.0. The van der Waals surface area contributed by atoms with Gasteiger partial charge in [0.2, 0.25) is 5.91 Å². The SMILES string of the molecule is Cc1cc(NC(=O)CN2CCC(C)(CN)C2)ccc1Br. The van der Waals surface area contributed by atoms with Crippen LogP contribution in [0.1, 0.15) is 18.9 Å². The molecule has 4 nitrogen and oxygen atoms in total. The van der Waals surface area contributed by atoms with Crippen LogP contribution in [0.15, 0.2) is 22.7 Å². The van der Waals surface area contributed by atoms with Gasteiger partial charge in [0.05, 0.1) is 6.54 Å². The van der Waals surface area contributed by atoms with Crippen LogP contribution >= 0.6 is 15.9 Å². The van der Waals surface area contributed by atoms with E-state index in [2.05, 4.69) is 33.1 Å². The first-order valence-electron chi connectivity index (χ1n) is 6.90. The maximum Gasteiger partial charge on any atom is 0.238 e. The molecule has 1 unspecified atom stereocenters. The number of amides is 1. The van der Waals surface area contributed by atoms with E-state index in [1.165, 1.54) is 0 Å². The van der Waals surface area contributed by atoms with Crippen molar-refractivity contribution in [1.29, 1.82) is 0 Å². The Bertz CT molecular complexity index is 506. The average Bonchev–Trinajstić information content (AvgIpc) is 2.76. The highest BCUT2D eigenvalue weighted by atomic mass is 79.9. The number of nitrogens with zero attached hydrogens (tertiary/aromatic N) is 1. The van der Waals surface area contributed by atoms with Gasteiger partial charge < -0.3 is 11.1 Å². The van der Waals surface area contributed by atoms with Crippen molar-refractivity contribution in [1.82, 2.24) is 4.90 Å². The molecule has 0 spiro atoms. The Balaban J connectivity index is 1.88. The van der Waals surface area contributed by atoms with E-state index in [1.807, 2.05) is 25.1 Å². The van der Waals surface area contributed by atoms with Gasteiger partial charge in [0.1, 0.15) is 0 Å². The maximum atomic E-state index is 12.1. The molecule has 0 saturated carbocycles. The highest BCUT2D eigenvalue weighted by Crippen LogP contribution is 2.28. The van der Waals surface area contributed by atoms with E-state index in [4.69, 9.17) is 5.73 Å². The fraction of sp³-hybridized carbons (Fsp3) is 0.533. The fourth-order valence-corrected chi connectivity index (χ4v) is 2.80. The third-order valence-corrected chi connectivity index (χ3v) is 4.83. The number of aryl methyl sites for hydroxylation is 1. The zero-order valence-corrected chi connectivity index (χ0v) is 13.7. The van der Waals surface area contributed by atoms with Gasteiger partial charge in [-0.05, 0) is 55.6 Å². The van der Waals surface area contributed by atoms with E-state index in [1.54, 1.807) is 0 Å². The molecular weight excluding hydrogens is 318 g/mol. The van der Waals surface area contributed by atoms with Gasteiger partial charge >= 0.3 is 0 Å². The first-order chi connectivity index (χ1) is 9.42. The number of anilines is 1. The highest BCUT2D eigenvalue weighted by Gasteiger charge is 2.33. The van der Waals surface area contributed by atoms with E-state index in [9.17, 15) is 4.79 Å². The van der Waals surface area contributed by atoms with Crippen molar-refractivity contribution in [2.45, 2.75) is 20.3 Å². The summed E-state index contributed by atoms with van der Waals surface area (Å²) < 4.78 is 1.05. The largest absolute Gasteiger partial charge is 0.330 e. The van der Waals surface area contributed by atoms with Crippen LogP contribution in [-0.2, 0) is 4.79 Å². The molecule has 0 radical (unpaired) electrons. The summed E-state index contributed by atoms with van der Waals surface area (Å²) in [6.07, 6.45) is 1.06. The highest BCUT2D eigenvalue weighted by molar-refractivity contribution is 9.10. The Hall–Kier alpha value is -0.910. The number of hydrogen-bond acceptors (Lipinski definition) is 3. The molecule has 1 aliphatic heterocycles. The average molecular weight is 340 g/mol. The van der Waals surface area contributed by atoms with Crippen LogP contribution in [0.3, 0.4) is 0 Å². The lowest BCUT2D eigenvalue weighted by molar-refractivity contribution is -0.117. The molecule has 5 heteroatoms. The number of hydrogen-bond donors (Lipinski definition) is 2. The van der Waals surface area contributed by atoms with Crippen molar-refractivity contribution in [2.24, 2.45) is 11.1 Å². The number of rotatable bonds is 4. The maximum absolute atomic E-state index is 12.1. The summed E-state index contributed by atoms with van der Waals surface area (Å²) in [5.41, 5.74) is 7.90. The zero-order valence-electron chi connectivity index (χ0n) is 12.1. The third kappa shape index (κ3) is 3.81. The van der Waals surface area contributed by atoms with Crippen LogP contribution in [0.5, 0.6) is 0 Å². The van der Waals surface area contributed by atoms with Gasteiger partial charge in [0.15, 0.2) is 0 Å². The molecule has 1 atom stereocenters. The fourth-order valence-electron chi connectivity index (χ4n) is 2.55. The van der Waals surface area contributed by atoms with Crippen molar-refractivity contribution in [3.05, 3.63) is 28.2 Å². The van der Waals surface area contributed by atoms with Crippen molar-refractivity contribution in [3.63, 3.8) is 0 Å². The summed E-state index contributed by atoms with van der Waals surface area (Å²) in [6, 6.07) is 5.82. The molecular formula is C15H22BrN3O. The number of nitrogens with one attached hydrogen (secondary N) is 1. The molecule has 1 heterocycles. The third-order valence-electron chi connectivity index (χ3n) is 3.94. The van der Waals surface area contributed by atoms with Crippen LogP contribution < -0.4 is 11.1 Å². The smallest absolute Gasteiger partial charge is 0.238 e. The van der Waals surface area contributed by atoms with Gasteiger partial charge in [0.25, 0.3) is 0 Å². The molecule has 0 aliphatic carbocycles. The molecule has 1 aliphatic rings. The van der Waals surface area contributed by atoms with Crippen molar-refractivity contribution in [2.75, 3.05) is 31.5 Å². The molecule has 1 amide bonds. The summed E-state index contributed by atoms with van der Waals surface area (Å²) in [5.74, 6) is 0.0352. The molecule has 20 heavy (non-hydrogen) atoms. The Morgan fingerprint density at radius 2 is 2.30 bits per heavy atom. The lowest BCUT2D eigenvalue weighted by atomic mass is 9.90. The van der Waals surface area contributed by atoms with Crippen LogP contribution in [0.25, 0.3) is 0 Å². The first-order valence-corrected chi connectivity index (χ1v) is 7.70. The van der Waals surface area contributed by atoms with Crippen LogP contribution in [0.2, 0.25) is 0 Å². The minimum absolute atomic E-state index is 0.0352. The predicted octanol–water partition coefficient (Wildman–Crippen LogP) is 2.37. The lowest BCUT2D eigenvalue weighted by Crippen LogP contribution is -2.35. The molecule has 2 rings (SSSR count). The van der Waals surface area contributed by atoms with E-state index < -0.39 is 0 Å². The van der Waals surface area contributed by atoms with Crippen molar-refractivity contribution >= 4 is 27.5 Å². The number of nitrogens with two attached hydrogens (primary N) is 1. The van der Waals surface area contributed by atoms with Crippen LogP contribution in [-0.4, -0.2) is 37.0 Å². The minimum atomic E-state index is 0.0352. The second-order valence-corrected chi connectivity index (χ2v) is 6.84. The Kier molecular flexibility index (Phi) is 4.83. The molecule has 1 saturated heterocycles. The van der Waals surface area contributed by atoms with Crippen molar-refractivity contribution in [3.8, 4) is 0 Å². The van der Waals surface area contributed by atoms with Crippen LogP contribution in [0.4, 0.5) is 5.69 Å². The number of likely N-dealkylation sites (tertiary alicyclic amines) is 1. The second-order valence-electron chi connectivity index (χ2n) is 5.99. The van der Waals surface area contributed by atoms with Crippen molar-refractivity contribution < 1.29 is 4.79 Å². The lowest BCUT2D eigenvalue weighted by Gasteiger charge is -2.22. The summed E-state index contributed by atoms with van der Waals surface area (Å²) in [5, 5.41) is 2.95. The summed E-state index contributed by atoms with van der Waals surface area (Å²) in [6.45, 7) is 7.15. The summed E-state index contributed by atoms with van der Waals surface area (Å²) in [4.78, 5) is 14.2. The van der Waals surface area contributed by atoms with Gasteiger partial charge in [-0.2, -0.15) is 0 Å². The molecule has 1 aromatic carbocycles. The van der Waals surface area contributed by atoms with E-state index in [0.29, 0.717) is 13.1 Å². The Labute approximate surface area is 128 Å². The van der Waals surface area contributed by atoms with Gasteiger partial charge in [-0.3, -0.25) is 9.69 Å². The molecule has 1 aromatic rings. The molecule has 0 aromatic heterocycles. The van der Waals surface area contributed by atoms with Gasteiger partial charge in [-0.25, -0.2) is 0 Å². The molecule has 0 bridgehead atoms. The van der Waals surface area contributed by atoms with Gasteiger partial charge in [-0.15, -0.1) is 0 Å². The Morgan fingerprint density at radius 3 is 2.90 bits per heavy atom. The minimum Gasteiger partial charge on any atom is -0.330 e. The number of carbonyl (C=O) groups excluding carboxylic acids is 1. The zero-order chi connectivity index (χ0) is 14.8. The number of halogens is 1. The number of carbonyl (C=O) groups is 1. The predicted molar refractivity (Wildman–Crippen MR) is 85.7 cm³/mol. The Morgan fingerprint density at radius 1 is 1.55 bits per heavy atom. The quantitative estimate of drug-likeness (QED) is 0.885. The summed E-state index contributed by atoms with van der Waals surface area (Å²) in [7, 11) is 0. The number of benzene rings is 1.